The Hall–Kier alpha value is -1.24. The molecule has 7 heteroatoms. The Morgan fingerprint density at radius 1 is 1.04 bits per heavy atom. The van der Waals surface area contributed by atoms with E-state index in [9.17, 15) is 17.6 Å². The van der Waals surface area contributed by atoms with Crippen molar-refractivity contribution in [1.82, 2.24) is 0 Å². The summed E-state index contributed by atoms with van der Waals surface area (Å²) in [7, 11) is -0.576. The van der Waals surface area contributed by atoms with Crippen LogP contribution < -0.4 is 9.47 Å². The van der Waals surface area contributed by atoms with Crippen molar-refractivity contribution in [3.05, 3.63) is 24.0 Å². The lowest BCUT2D eigenvalue weighted by Crippen LogP contribution is -2.24. The summed E-state index contributed by atoms with van der Waals surface area (Å²) in [6.45, 7) is 1.28. The maximum atomic E-state index is 13.9. The van der Waals surface area contributed by atoms with Gasteiger partial charge in [-0.15, -0.1) is 0 Å². The zero-order valence-corrected chi connectivity index (χ0v) is 17.9. The van der Waals surface area contributed by atoms with Crippen molar-refractivity contribution in [2.45, 2.75) is 76.2 Å². The lowest BCUT2D eigenvalue weighted by Gasteiger charge is -2.27. The fourth-order valence-electron chi connectivity index (χ4n) is 3.79. The van der Waals surface area contributed by atoms with Crippen LogP contribution in [0.25, 0.3) is 0 Å². The molecule has 2 nitrogen and oxygen atoms in total. The van der Waals surface area contributed by atoms with Gasteiger partial charge in [-0.3, -0.25) is 0 Å². The molecule has 1 aromatic rings. The van der Waals surface area contributed by atoms with Gasteiger partial charge >= 0.3 is 6.18 Å². The zero-order chi connectivity index (χ0) is 20.4. The molecule has 0 aliphatic carbocycles. The number of hydrogen-bond donors (Lipinski definition) is 0. The number of benzene rings is 1. The number of hydrogen-bond acceptors (Lipinski definition) is 2. The van der Waals surface area contributed by atoms with Crippen LogP contribution >= 0.6 is 0 Å². The quantitative estimate of drug-likeness (QED) is 0.224. The Balaban J connectivity index is 1.66. The zero-order valence-electron chi connectivity index (χ0n) is 16.7. The molecule has 1 saturated heterocycles. The van der Waals surface area contributed by atoms with Gasteiger partial charge in [0.25, 0.3) is 0 Å². The van der Waals surface area contributed by atoms with Crippen molar-refractivity contribution in [1.29, 1.82) is 0 Å². The Morgan fingerprint density at radius 3 is 2.39 bits per heavy atom. The summed E-state index contributed by atoms with van der Waals surface area (Å²) in [6.07, 6.45) is 4.64. The van der Waals surface area contributed by atoms with E-state index in [1.54, 1.807) is 0 Å². The SMILES string of the molecule is CCCCCCC[Si@H]1CC[C@H](COc2ccc(OCC(F)(F)F)c(F)c2)CC1. The normalized spacial score (nSPS) is 20.2. The minimum absolute atomic E-state index is 0.340. The molecule has 28 heavy (non-hydrogen) atoms. The first-order valence-corrected chi connectivity index (χ1v) is 12.9. The van der Waals surface area contributed by atoms with Crippen LogP contribution in [0.4, 0.5) is 17.6 Å². The average molecular weight is 421 g/mol. The molecule has 2 rings (SSSR count). The second kappa shape index (κ2) is 11.7. The average Bonchev–Trinajstić information content (AvgIpc) is 2.65. The molecule has 0 spiro atoms. The molecule has 0 saturated carbocycles. The maximum Gasteiger partial charge on any atom is 0.422 e. The fourth-order valence-corrected chi connectivity index (χ4v) is 7.40. The lowest BCUT2D eigenvalue weighted by molar-refractivity contribution is -0.153. The van der Waals surface area contributed by atoms with Gasteiger partial charge in [0.2, 0.25) is 0 Å². The Kier molecular flexibility index (Phi) is 9.61. The van der Waals surface area contributed by atoms with Gasteiger partial charge in [0.1, 0.15) is 5.75 Å². The maximum absolute atomic E-state index is 13.9. The van der Waals surface area contributed by atoms with Gasteiger partial charge in [-0.05, 0) is 30.9 Å². The summed E-state index contributed by atoms with van der Waals surface area (Å²) in [5, 5.41) is 0. The van der Waals surface area contributed by atoms with Gasteiger partial charge in [-0.2, -0.15) is 13.2 Å². The van der Waals surface area contributed by atoms with E-state index in [0.717, 1.165) is 6.07 Å². The molecule has 1 aliphatic rings. The van der Waals surface area contributed by atoms with Crippen molar-refractivity contribution in [2.24, 2.45) is 5.92 Å². The van der Waals surface area contributed by atoms with E-state index >= 15 is 0 Å². The molecular weight excluding hydrogens is 388 g/mol. The molecule has 1 aliphatic heterocycles. The van der Waals surface area contributed by atoms with Crippen LogP contribution in [-0.4, -0.2) is 28.2 Å². The summed E-state index contributed by atoms with van der Waals surface area (Å²) in [6, 6.07) is 7.94. The van der Waals surface area contributed by atoms with Crippen LogP contribution in [0.2, 0.25) is 18.1 Å². The molecule has 0 amide bonds. The molecule has 160 valence electrons. The largest absolute Gasteiger partial charge is 0.493 e. The number of halogens is 4. The number of unbranched alkanes of at least 4 members (excludes halogenated alkanes) is 4. The van der Waals surface area contributed by atoms with Crippen molar-refractivity contribution in [3.8, 4) is 11.5 Å². The van der Waals surface area contributed by atoms with Crippen molar-refractivity contribution in [2.75, 3.05) is 13.2 Å². The van der Waals surface area contributed by atoms with Crippen LogP contribution in [0.5, 0.6) is 11.5 Å². The summed E-state index contributed by atoms with van der Waals surface area (Å²) < 4.78 is 60.5. The van der Waals surface area contributed by atoms with E-state index in [4.69, 9.17) is 4.74 Å². The van der Waals surface area contributed by atoms with Gasteiger partial charge in [0.05, 0.1) is 6.61 Å². The third kappa shape index (κ3) is 8.84. The first-order chi connectivity index (χ1) is 13.4. The minimum atomic E-state index is -4.49. The topological polar surface area (TPSA) is 18.5 Å². The summed E-state index contributed by atoms with van der Waals surface area (Å²) in [5.74, 6) is -0.406. The van der Waals surface area contributed by atoms with Gasteiger partial charge in [-0.1, -0.05) is 57.2 Å². The van der Waals surface area contributed by atoms with Gasteiger partial charge in [0, 0.05) is 14.9 Å². The van der Waals surface area contributed by atoms with Crippen LogP contribution in [0.15, 0.2) is 18.2 Å². The lowest BCUT2D eigenvalue weighted by atomic mass is 10.0. The molecule has 0 unspecified atom stereocenters. The summed E-state index contributed by atoms with van der Waals surface area (Å²) in [5.41, 5.74) is 0. The fraction of sp³-hybridized carbons (Fsp3) is 0.714. The van der Waals surface area contributed by atoms with Crippen molar-refractivity contribution < 1.29 is 27.0 Å². The Bertz CT molecular complexity index is 572. The predicted octanol–water partition coefficient (Wildman–Crippen LogP) is 6.75. The van der Waals surface area contributed by atoms with Crippen LogP contribution in [0, 0.1) is 11.7 Å². The molecule has 1 fully saturated rings. The summed E-state index contributed by atoms with van der Waals surface area (Å²) >= 11 is 0. The van der Waals surface area contributed by atoms with Gasteiger partial charge in [-0.25, -0.2) is 4.39 Å². The second-order valence-corrected chi connectivity index (χ2v) is 11.4. The molecule has 1 aromatic carbocycles. The van der Waals surface area contributed by atoms with Crippen LogP contribution in [0.1, 0.15) is 51.9 Å². The van der Waals surface area contributed by atoms with Crippen LogP contribution in [-0.2, 0) is 0 Å². The van der Waals surface area contributed by atoms with E-state index in [2.05, 4.69) is 11.7 Å². The van der Waals surface area contributed by atoms with Crippen molar-refractivity contribution in [3.63, 3.8) is 0 Å². The highest BCUT2D eigenvalue weighted by Crippen LogP contribution is 2.30. The first kappa shape index (κ1) is 23.0. The van der Waals surface area contributed by atoms with Gasteiger partial charge < -0.3 is 9.47 Å². The van der Waals surface area contributed by atoms with E-state index in [-0.39, 0.29) is 0 Å². The summed E-state index contributed by atoms with van der Waals surface area (Å²) in [4.78, 5) is 0. The van der Waals surface area contributed by atoms with Crippen LogP contribution in [0.3, 0.4) is 0 Å². The number of rotatable bonds is 11. The molecule has 1 heterocycles. The molecule has 0 N–H and O–H groups in total. The molecule has 0 atom stereocenters. The van der Waals surface area contributed by atoms with Crippen molar-refractivity contribution >= 4 is 8.80 Å². The predicted molar refractivity (Wildman–Crippen MR) is 106 cm³/mol. The monoisotopic (exact) mass is 420 g/mol. The van der Waals surface area contributed by atoms with E-state index in [1.807, 2.05) is 0 Å². The number of alkyl halides is 3. The Morgan fingerprint density at radius 2 is 1.75 bits per heavy atom. The third-order valence-electron chi connectivity index (χ3n) is 5.46. The van der Waals surface area contributed by atoms with E-state index in [1.165, 1.54) is 75.2 Å². The molecule has 0 radical (unpaired) electrons. The smallest absolute Gasteiger partial charge is 0.422 e. The molecule has 0 bridgehead atoms. The first-order valence-electron chi connectivity index (χ1n) is 10.5. The highest BCUT2D eigenvalue weighted by atomic mass is 28.3. The molecular formula is C21H32F4O2Si. The molecule has 0 aromatic heterocycles. The standard InChI is InChI=1S/C21H32F4O2Si/c1-2-3-4-5-6-11-28-12-9-17(10-13-28)15-26-18-7-8-20(19(22)14-18)27-16-21(23,24)25/h7-8,14,17,28H,2-6,9-13,15-16H2,1H3/t17-,28-. The highest BCUT2D eigenvalue weighted by Gasteiger charge is 2.29. The highest BCUT2D eigenvalue weighted by molar-refractivity contribution is 6.58. The number of ether oxygens (including phenoxy) is 2. The minimum Gasteiger partial charge on any atom is -0.493 e. The van der Waals surface area contributed by atoms with Gasteiger partial charge in [0.15, 0.2) is 18.2 Å². The third-order valence-corrected chi connectivity index (χ3v) is 8.99. The van der Waals surface area contributed by atoms with E-state index < -0.39 is 33.1 Å². The Labute approximate surface area is 167 Å². The van der Waals surface area contributed by atoms with E-state index in [0.29, 0.717) is 18.3 Å². The second-order valence-electron chi connectivity index (χ2n) is 7.90.